The van der Waals surface area contributed by atoms with Gasteiger partial charge in [0.2, 0.25) is 0 Å². The molecule has 1 aliphatic heterocycles. The van der Waals surface area contributed by atoms with Gasteiger partial charge in [-0.25, -0.2) is 0 Å². The van der Waals surface area contributed by atoms with Crippen LogP contribution in [0.5, 0.6) is 0 Å². The van der Waals surface area contributed by atoms with E-state index in [4.69, 9.17) is 0 Å². The molecule has 0 saturated heterocycles. The lowest BCUT2D eigenvalue weighted by Crippen LogP contribution is -2.01. The van der Waals surface area contributed by atoms with E-state index in [9.17, 15) is 9.79 Å². The van der Waals surface area contributed by atoms with Gasteiger partial charge in [-0.3, -0.25) is 0 Å². The van der Waals surface area contributed by atoms with E-state index in [1.165, 1.54) is 25.7 Å². The Labute approximate surface area is 67.4 Å². The number of rotatable bonds is 0. The minimum Gasteiger partial charge on any atom is -0.353 e. The van der Waals surface area contributed by atoms with E-state index in [0.717, 1.165) is 18.1 Å². The Bertz CT molecular complexity index is 216. The summed E-state index contributed by atoms with van der Waals surface area (Å²) in [4.78, 5) is 18.9. The van der Waals surface area contributed by atoms with Gasteiger partial charge in [0.1, 0.15) is 7.34 Å². The van der Waals surface area contributed by atoms with Crippen molar-refractivity contribution >= 4 is 12.6 Å². The summed E-state index contributed by atoms with van der Waals surface area (Å²) < 4.78 is 0. The molecule has 1 unspecified atom stereocenters. The maximum atomic E-state index is 9.47. The first-order valence-electron chi connectivity index (χ1n) is 4.43. The van der Waals surface area contributed by atoms with Gasteiger partial charge in [-0.1, -0.05) is 19.3 Å². The number of hydrogen-bond donors (Lipinski definition) is 2. The number of hydrogen-bond acceptors (Lipinski definition) is 2. The molecule has 0 bridgehead atoms. The van der Waals surface area contributed by atoms with Gasteiger partial charge >= 0.3 is 0 Å². The monoisotopic (exact) mass is 174 g/mol. The van der Waals surface area contributed by atoms with Crippen molar-refractivity contribution in [2.45, 2.75) is 44.2 Å². The molecule has 0 aromatic carbocycles. The van der Waals surface area contributed by atoms with Crippen LogP contribution in [0.2, 0.25) is 0 Å². The number of fused-ring (bicyclic) bond motifs is 1. The van der Waals surface area contributed by atoms with Crippen LogP contribution in [-0.2, 0) is 0 Å². The molecule has 3 heteroatoms. The maximum Gasteiger partial charge on any atom is 0.126 e. The highest BCUT2D eigenvalue weighted by molar-refractivity contribution is 7.77. The van der Waals surface area contributed by atoms with E-state index in [-0.39, 0.29) is 5.66 Å². The van der Waals surface area contributed by atoms with Crippen molar-refractivity contribution in [3.05, 3.63) is 0 Å². The molecule has 2 rings (SSSR count). The molecule has 0 spiro atoms. The highest BCUT2D eigenvalue weighted by atomic mass is 31.2. The maximum absolute atomic E-state index is 9.47. The molecular weight excluding hydrogens is 159 g/mol. The second kappa shape index (κ2) is 2.62. The second-order valence-electron chi connectivity index (χ2n) is 3.61. The van der Waals surface area contributed by atoms with Crippen molar-refractivity contribution in [1.29, 1.82) is 0 Å². The lowest BCUT2D eigenvalue weighted by atomic mass is 10.0. The van der Waals surface area contributed by atoms with Crippen molar-refractivity contribution in [2.24, 2.45) is 0 Å². The first-order valence-corrected chi connectivity index (χ1v) is 6.20. The molecule has 1 fully saturated rings. The zero-order chi connectivity index (χ0) is 7.90. The van der Waals surface area contributed by atoms with Crippen LogP contribution in [0.15, 0.2) is 0 Å². The van der Waals surface area contributed by atoms with Gasteiger partial charge in [0.15, 0.2) is 0 Å². The molecular formula is C8H15O2P. The molecule has 2 nitrogen and oxygen atoms in total. The Balaban J connectivity index is 2.05. The molecule has 2 N–H and O–H groups in total. The molecule has 1 atom stereocenters. The van der Waals surface area contributed by atoms with Crippen molar-refractivity contribution in [1.82, 2.24) is 0 Å². The minimum absolute atomic E-state index is 0.239. The summed E-state index contributed by atoms with van der Waals surface area (Å²) in [5.74, 6) is 0. The van der Waals surface area contributed by atoms with E-state index in [1.807, 2.05) is 0 Å². The smallest absolute Gasteiger partial charge is 0.126 e. The van der Waals surface area contributed by atoms with E-state index >= 15 is 0 Å². The summed E-state index contributed by atoms with van der Waals surface area (Å²) >= 11 is 0. The molecule has 1 heterocycles. The van der Waals surface area contributed by atoms with Gasteiger partial charge in [-0.15, -0.1) is 0 Å². The normalized spacial score (nSPS) is 35.5. The fraction of sp³-hybridized carbons (Fsp3) is 0.875. The van der Waals surface area contributed by atoms with Crippen LogP contribution in [-0.4, -0.2) is 20.7 Å². The molecule has 0 radical (unpaired) electrons. The Morgan fingerprint density at radius 1 is 1.09 bits per heavy atom. The van der Waals surface area contributed by atoms with Gasteiger partial charge < -0.3 is 9.79 Å². The first-order chi connectivity index (χ1) is 5.23. The fourth-order valence-electron chi connectivity index (χ4n) is 2.05. The van der Waals surface area contributed by atoms with Crippen molar-refractivity contribution in [3.8, 4) is 0 Å². The van der Waals surface area contributed by atoms with Crippen LogP contribution < -0.4 is 0 Å². The Morgan fingerprint density at radius 2 is 1.82 bits per heavy atom. The van der Waals surface area contributed by atoms with Gasteiger partial charge in [0, 0.05) is 0 Å². The van der Waals surface area contributed by atoms with Gasteiger partial charge in [0.05, 0.1) is 5.66 Å². The lowest BCUT2D eigenvalue weighted by molar-refractivity contribution is 0.477. The molecule has 1 saturated carbocycles. The summed E-state index contributed by atoms with van der Waals surface area (Å²) in [5, 5.41) is 1.11. The van der Waals surface area contributed by atoms with E-state index in [0.29, 0.717) is 0 Å². The Morgan fingerprint density at radius 3 is 2.64 bits per heavy atom. The molecule has 64 valence electrons. The first kappa shape index (κ1) is 7.85. The molecule has 1 aliphatic carbocycles. The topological polar surface area (TPSA) is 40.5 Å². The zero-order valence-electron chi connectivity index (χ0n) is 6.66. The summed E-state index contributed by atoms with van der Waals surface area (Å²) in [5.41, 5.74) is 0.239. The van der Waals surface area contributed by atoms with Gasteiger partial charge in [-0.05, 0) is 24.6 Å². The van der Waals surface area contributed by atoms with Crippen LogP contribution in [0.4, 0.5) is 0 Å². The van der Waals surface area contributed by atoms with E-state index in [2.05, 4.69) is 0 Å². The summed E-state index contributed by atoms with van der Waals surface area (Å²) in [6.45, 7) is 0. The van der Waals surface area contributed by atoms with Crippen LogP contribution in [0.1, 0.15) is 38.5 Å². The quantitative estimate of drug-likeness (QED) is 0.549. The van der Waals surface area contributed by atoms with Crippen molar-refractivity contribution in [2.75, 3.05) is 0 Å². The largest absolute Gasteiger partial charge is 0.353 e. The SMILES string of the molecule is OP1(O)=C2CCCCCCC21. The predicted octanol–water partition coefficient (Wildman–Crippen LogP) is 1.73. The summed E-state index contributed by atoms with van der Waals surface area (Å²) in [6, 6.07) is 0. The third kappa shape index (κ3) is 1.28. The third-order valence-corrected chi connectivity index (χ3v) is 5.38. The molecule has 0 amide bonds. The predicted molar refractivity (Wildman–Crippen MR) is 47.9 cm³/mol. The second-order valence-corrected chi connectivity index (χ2v) is 6.11. The zero-order valence-corrected chi connectivity index (χ0v) is 7.56. The summed E-state index contributed by atoms with van der Waals surface area (Å²) in [6.07, 6.45) is 6.95. The van der Waals surface area contributed by atoms with Crippen molar-refractivity contribution in [3.63, 3.8) is 0 Å². The average molecular weight is 174 g/mol. The van der Waals surface area contributed by atoms with Crippen molar-refractivity contribution < 1.29 is 9.79 Å². The fourth-order valence-corrected chi connectivity index (χ4v) is 4.41. The van der Waals surface area contributed by atoms with E-state index < -0.39 is 7.34 Å². The molecule has 0 aromatic rings. The molecule has 11 heavy (non-hydrogen) atoms. The average Bonchev–Trinajstić information content (AvgIpc) is 2.29. The molecule has 0 aromatic heterocycles. The third-order valence-electron chi connectivity index (χ3n) is 2.83. The van der Waals surface area contributed by atoms with Crippen LogP contribution in [0.25, 0.3) is 0 Å². The van der Waals surface area contributed by atoms with Gasteiger partial charge in [0.25, 0.3) is 0 Å². The molecule has 2 aliphatic rings. The minimum atomic E-state index is -2.44. The van der Waals surface area contributed by atoms with Gasteiger partial charge in [-0.2, -0.15) is 0 Å². The highest BCUT2D eigenvalue weighted by Crippen LogP contribution is 2.64. The Hall–Kier alpha value is 0.220. The summed E-state index contributed by atoms with van der Waals surface area (Å²) in [7, 11) is -2.44. The van der Waals surface area contributed by atoms with Crippen LogP contribution >= 0.6 is 7.34 Å². The Kier molecular flexibility index (Phi) is 1.87. The standard InChI is InChI=1S/C8H15O2P/c9-11(10)7-5-3-1-2-4-6-8(7)11/h7,9-10H,1-6H2. The highest BCUT2D eigenvalue weighted by Gasteiger charge is 2.46. The van der Waals surface area contributed by atoms with E-state index in [1.54, 1.807) is 0 Å². The van der Waals surface area contributed by atoms with Crippen LogP contribution in [0.3, 0.4) is 0 Å². The lowest BCUT2D eigenvalue weighted by Gasteiger charge is -2.05. The van der Waals surface area contributed by atoms with Crippen LogP contribution in [0, 0.1) is 0 Å².